The predicted molar refractivity (Wildman–Crippen MR) is 126 cm³/mol. The van der Waals surface area contributed by atoms with Gasteiger partial charge in [0.25, 0.3) is 0 Å². The van der Waals surface area contributed by atoms with E-state index in [0.717, 1.165) is 27.8 Å². The van der Waals surface area contributed by atoms with E-state index in [1.54, 1.807) is 0 Å². The monoisotopic (exact) mass is 418 g/mol. The Morgan fingerprint density at radius 2 is 1.28 bits per heavy atom. The smallest absolute Gasteiger partial charge is 0.163 e. The minimum absolute atomic E-state index is 0.114. The molecular weight excluding hydrogens is 392 g/mol. The van der Waals surface area contributed by atoms with Crippen LogP contribution >= 0.6 is 0 Å². The maximum Gasteiger partial charge on any atom is 0.163 e. The molecule has 158 valence electrons. The highest BCUT2D eigenvalue weighted by Gasteiger charge is 2.77. The van der Waals surface area contributed by atoms with Crippen molar-refractivity contribution in [3.8, 4) is 0 Å². The molecule has 0 heterocycles. The fraction of sp³-hybridized carbons (Fsp3) is 0.267. The molecule has 1 saturated carbocycles. The summed E-state index contributed by atoms with van der Waals surface area (Å²) in [7, 11) is 0. The summed E-state index contributed by atoms with van der Waals surface area (Å²) in [6, 6.07) is 28.9. The van der Waals surface area contributed by atoms with E-state index in [2.05, 4.69) is 67.6 Å². The molecule has 3 aromatic carbocycles. The highest BCUT2D eigenvalue weighted by molar-refractivity contribution is 6.12. The van der Waals surface area contributed by atoms with E-state index in [-0.39, 0.29) is 17.5 Å². The molecule has 1 unspecified atom stereocenters. The summed E-state index contributed by atoms with van der Waals surface area (Å²) in [6.45, 7) is 6.14. The van der Waals surface area contributed by atoms with Crippen molar-refractivity contribution in [1.29, 1.82) is 0 Å². The summed E-state index contributed by atoms with van der Waals surface area (Å²) < 4.78 is 0. The van der Waals surface area contributed by atoms with Gasteiger partial charge in [-0.1, -0.05) is 97.9 Å². The first kappa shape index (κ1) is 19.4. The third kappa shape index (κ3) is 1.93. The first-order valence-corrected chi connectivity index (χ1v) is 11.4. The maximum absolute atomic E-state index is 14.5. The summed E-state index contributed by atoms with van der Waals surface area (Å²) in [6.07, 6.45) is 2.17. The van der Waals surface area contributed by atoms with Gasteiger partial charge in [0.05, 0.1) is 11.3 Å². The number of hydrogen-bond acceptors (Lipinski definition) is 2. The van der Waals surface area contributed by atoms with E-state index in [0.29, 0.717) is 0 Å². The summed E-state index contributed by atoms with van der Waals surface area (Å²) in [5, 5.41) is 0. The van der Waals surface area contributed by atoms with Crippen LogP contribution in [0.1, 0.15) is 48.9 Å². The molecule has 6 rings (SSSR count). The van der Waals surface area contributed by atoms with Crippen molar-refractivity contribution in [1.82, 2.24) is 0 Å². The van der Waals surface area contributed by atoms with Gasteiger partial charge in [0.15, 0.2) is 11.6 Å². The largest absolute Gasteiger partial charge is 0.298 e. The van der Waals surface area contributed by atoms with E-state index >= 15 is 0 Å². The van der Waals surface area contributed by atoms with Crippen molar-refractivity contribution in [2.24, 2.45) is 11.3 Å². The van der Waals surface area contributed by atoms with Crippen molar-refractivity contribution in [2.45, 2.75) is 37.5 Å². The van der Waals surface area contributed by atoms with Gasteiger partial charge in [-0.25, -0.2) is 0 Å². The zero-order chi connectivity index (χ0) is 22.3. The third-order valence-electron chi connectivity index (χ3n) is 8.76. The van der Waals surface area contributed by atoms with Crippen molar-refractivity contribution < 1.29 is 9.59 Å². The standard InChI is InChI=1S/C30H26O2/c1-19-18-30(21-14-8-5-9-15-21)23-17-11-10-16-22(23)28(2)26(25(19)31)29(30,3)24(27(28)32)20-12-6-4-7-13-20/h4-18,24,26H,1-3H3/t24?,26-,28+,29+,30-/m0/s1. The van der Waals surface area contributed by atoms with E-state index in [9.17, 15) is 9.59 Å². The molecule has 0 radical (unpaired) electrons. The molecule has 0 aliphatic heterocycles. The second kappa shape index (κ2) is 6.16. The first-order chi connectivity index (χ1) is 15.4. The molecule has 32 heavy (non-hydrogen) atoms. The Kier molecular flexibility index (Phi) is 3.74. The number of allylic oxidation sites excluding steroid dienone is 2. The lowest BCUT2D eigenvalue weighted by molar-refractivity contribution is -0.130. The summed E-state index contributed by atoms with van der Waals surface area (Å²) in [4.78, 5) is 28.4. The second-order valence-electron chi connectivity index (χ2n) is 10.0. The van der Waals surface area contributed by atoms with E-state index < -0.39 is 22.2 Å². The normalized spacial score (nSPS) is 34.8. The molecule has 3 aliphatic carbocycles. The number of fused-ring (bicyclic) bond motifs is 3. The number of carbonyl (C=O) groups is 2. The quantitative estimate of drug-likeness (QED) is 0.530. The van der Waals surface area contributed by atoms with Crippen LogP contribution in [0.2, 0.25) is 0 Å². The minimum Gasteiger partial charge on any atom is -0.298 e. The summed E-state index contributed by atoms with van der Waals surface area (Å²) in [5.74, 6) is -0.506. The van der Waals surface area contributed by atoms with E-state index in [1.165, 1.54) is 0 Å². The highest BCUT2D eigenvalue weighted by atomic mass is 16.1. The van der Waals surface area contributed by atoms with Crippen LogP contribution in [-0.4, -0.2) is 11.6 Å². The number of ketones is 2. The van der Waals surface area contributed by atoms with Gasteiger partial charge in [0.2, 0.25) is 0 Å². The molecule has 3 aliphatic rings. The molecule has 3 aromatic rings. The number of benzene rings is 3. The van der Waals surface area contributed by atoms with Crippen LogP contribution in [-0.2, 0) is 20.4 Å². The fourth-order valence-electron chi connectivity index (χ4n) is 7.58. The zero-order valence-electron chi connectivity index (χ0n) is 18.6. The number of rotatable bonds is 2. The zero-order valence-corrected chi connectivity index (χ0v) is 18.6. The Morgan fingerprint density at radius 3 is 1.94 bits per heavy atom. The van der Waals surface area contributed by atoms with Gasteiger partial charge in [-0.05, 0) is 41.7 Å². The topological polar surface area (TPSA) is 34.1 Å². The Balaban J connectivity index is 1.84. The Bertz CT molecular complexity index is 1300. The summed E-state index contributed by atoms with van der Waals surface area (Å²) >= 11 is 0. The predicted octanol–water partition coefficient (Wildman–Crippen LogP) is 5.76. The van der Waals surface area contributed by atoms with Crippen LogP contribution in [0.15, 0.2) is 96.6 Å². The summed E-state index contributed by atoms with van der Waals surface area (Å²) in [5.41, 5.74) is 3.03. The van der Waals surface area contributed by atoms with Crippen molar-refractivity contribution >= 4 is 11.6 Å². The fourth-order valence-corrected chi connectivity index (χ4v) is 7.58. The molecule has 2 heteroatoms. The van der Waals surface area contributed by atoms with Crippen LogP contribution < -0.4 is 0 Å². The molecule has 4 bridgehead atoms. The lowest BCUT2D eigenvalue weighted by Gasteiger charge is -2.59. The van der Waals surface area contributed by atoms with Crippen LogP contribution in [0, 0.1) is 11.3 Å². The Hall–Kier alpha value is -3.26. The molecule has 0 spiro atoms. The lowest BCUT2D eigenvalue weighted by Crippen LogP contribution is -2.60. The number of hydrogen-bond donors (Lipinski definition) is 0. The SMILES string of the molecule is CC1=C[C@]2(c3ccccc3)c3ccccc3[C@@]3(C)C(=O)C(c4ccccc4)[C@]2(C)[C@H]3C1=O. The molecule has 1 fully saturated rings. The molecular formula is C30H26O2. The van der Waals surface area contributed by atoms with Crippen LogP contribution in [0.3, 0.4) is 0 Å². The van der Waals surface area contributed by atoms with Crippen LogP contribution in [0.25, 0.3) is 0 Å². The van der Waals surface area contributed by atoms with Gasteiger partial charge in [-0.2, -0.15) is 0 Å². The Labute approximate surface area is 189 Å². The van der Waals surface area contributed by atoms with E-state index in [1.807, 2.05) is 44.2 Å². The second-order valence-corrected chi connectivity index (χ2v) is 10.0. The minimum atomic E-state index is -0.850. The molecule has 5 atom stereocenters. The van der Waals surface area contributed by atoms with Gasteiger partial charge in [-0.3, -0.25) is 9.59 Å². The van der Waals surface area contributed by atoms with Crippen LogP contribution in [0.5, 0.6) is 0 Å². The van der Waals surface area contributed by atoms with E-state index in [4.69, 9.17) is 0 Å². The molecule has 2 nitrogen and oxygen atoms in total. The third-order valence-corrected chi connectivity index (χ3v) is 8.76. The molecule has 0 saturated heterocycles. The molecule has 0 N–H and O–H groups in total. The lowest BCUT2D eigenvalue weighted by atomic mass is 9.41. The Morgan fingerprint density at radius 1 is 0.719 bits per heavy atom. The van der Waals surface area contributed by atoms with Gasteiger partial charge in [0, 0.05) is 16.7 Å². The van der Waals surface area contributed by atoms with Gasteiger partial charge < -0.3 is 0 Å². The van der Waals surface area contributed by atoms with Crippen molar-refractivity contribution in [3.05, 3.63) is 119 Å². The maximum atomic E-state index is 14.5. The highest BCUT2D eigenvalue weighted by Crippen LogP contribution is 2.75. The first-order valence-electron chi connectivity index (χ1n) is 11.4. The van der Waals surface area contributed by atoms with Crippen LogP contribution in [0.4, 0.5) is 0 Å². The molecule has 0 aromatic heterocycles. The van der Waals surface area contributed by atoms with Gasteiger partial charge in [0.1, 0.15) is 0 Å². The van der Waals surface area contributed by atoms with Gasteiger partial charge in [-0.15, -0.1) is 0 Å². The van der Waals surface area contributed by atoms with Crippen molar-refractivity contribution in [3.63, 3.8) is 0 Å². The van der Waals surface area contributed by atoms with Gasteiger partial charge >= 0.3 is 0 Å². The number of carbonyl (C=O) groups excluding carboxylic acids is 2. The average Bonchev–Trinajstić information content (AvgIpc) is 2.98. The number of Topliss-reactive ketones (excluding diaryl/α,β-unsaturated/α-hetero) is 2. The molecule has 0 amide bonds. The average molecular weight is 419 g/mol. The van der Waals surface area contributed by atoms with Crippen molar-refractivity contribution in [2.75, 3.05) is 0 Å².